The molecule has 0 aliphatic rings. The molecule has 0 aliphatic heterocycles. The minimum Gasteiger partial charge on any atom is -0.467 e. The van der Waals surface area contributed by atoms with E-state index in [2.05, 4.69) is 20.0 Å². The number of rotatable bonds is 6. The summed E-state index contributed by atoms with van der Waals surface area (Å²) in [5.74, 6) is -1.47. The van der Waals surface area contributed by atoms with Crippen LogP contribution in [0.2, 0.25) is 0 Å². The van der Waals surface area contributed by atoms with Crippen molar-refractivity contribution in [2.24, 2.45) is 0 Å². The number of halogens is 6. The van der Waals surface area contributed by atoms with Gasteiger partial charge in [0, 0.05) is 11.9 Å². The summed E-state index contributed by atoms with van der Waals surface area (Å²) < 4.78 is 79.9. The van der Waals surface area contributed by atoms with Gasteiger partial charge in [-0.25, -0.2) is 4.98 Å². The van der Waals surface area contributed by atoms with Gasteiger partial charge in [0.05, 0.1) is 0 Å². The first-order chi connectivity index (χ1) is 12.1. The average molecular weight is 379 g/mol. The molecule has 0 aliphatic carbocycles. The first-order valence-corrected chi connectivity index (χ1v) is 7.59. The second-order valence-corrected chi connectivity index (χ2v) is 5.35. The molecule has 0 radical (unpaired) electrons. The standard InChI is InChI=1S/C16H15F6N3O/c1-2-5-10-6-3-4-7-12(10)24-14-23-8-11(16(20,21)22)13(25-14)26-9-15(17,18)19/h3-4,6-8H,2,5,9H2,1H3,(H,23,24,25). The van der Waals surface area contributed by atoms with Crippen molar-refractivity contribution in [3.8, 4) is 5.88 Å². The van der Waals surface area contributed by atoms with Crippen LogP contribution in [-0.2, 0) is 12.6 Å². The van der Waals surface area contributed by atoms with Gasteiger partial charge < -0.3 is 10.1 Å². The zero-order chi connectivity index (χ0) is 19.4. The summed E-state index contributed by atoms with van der Waals surface area (Å²) in [5, 5.41) is 2.72. The van der Waals surface area contributed by atoms with E-state index in [0.29, 0.717) is 18.3 Å². The van der Waals surface area contributed by atoms with E-state index in [0.717, 1.165) is 12.0 Å². The summed E-state index contributed by atoms with van der Waals surface area (Å²) in [5.41, 5.74) is -0.0544. The van der Waals surface area contributed by atoms with Crippen LogP contribution in [0, 0.1) is 0 Å². The Balaban J connectivity index is 2.33. The van der Waals surface area contributed by atoms with Gasteiger partial charge in [0.2, 0.25) is 11.8 Å². The van der Waals surface area contributed by atoms with Gasteiger partial charge in [0.1, 0.15) is 5.56 Å². The van der Waals surface area contributed by atoms with E-state index in [4.69, 9.17) is 0 Å². The molecule has 1 N–H and O–H groups in total. The van der Waals surface area contributed by atoms with Crippen molar-refractivity contribution >= 4 is 11.6 Å². The second-order valence-electron chi connectivity index (χ2n) is 5.35. The van der Waals surface area contributed by atoms with Gasteiger partial charge in [-0.1, -0.05) is 31.5 Å². The average Bonchev–Trinajstić information content (AvgIpc) is 2.53. The maximum absolute atomic E-state index is 12.9. The van der Waals surface area contributed by atoms with Crippen molar-refractivity contribution in [3.63, 3.8) is 0 Å². The maximum atomic E-state index is 12.9. The quantitative estimate of drug-likeness (QED) is 0.707. The molecule has 1 heterocycles. The Bertz CT molecular complexity index is 745. The van der Waals surface area contributed by atoms with E-state index in [1.54, 1.807) is 18.2 Å². The molecule has 0 bridgehead atoms. The summed E-state index contributed by atoms with van der Waals surface area (Å²) in [6.07, 6.45) is -7.83. The molecule has 1 aromatic carbocycles. The topological polar surface area (TPSA) is 47.0 Å². The van der Waals surface area contributed by atoms with E-state index >= 15 is 0 Å². The summed E-state index contributed by atoms with van der Waals surface area (Å²) in [4.78, 5) is 7.02. The predicted molar refractivity (Wildman–Crippen MR) is 82.3 cm³/mol. The minimum atomic E-state index is -4.94. The number of anilines is 2. The molecule has 0 atom stereocenters. The SMILES string of the molecule is CCCc1ccccc1Nc1ncc(C(F)(F)F)c(OCC(F)(F)F)n1. The molecule has 0 amide bonds. The fourth-order valence-corrected chi connectivity index (χ4v) is 2.13. The zero-order valence-corrected chi connectivity index (χ0v) is 13.6. The third-order valence-electron chi connectivity index (χ3n) is 3.21. The number of benzene rings is 1. The van der Waals surface area contributed by atoms with Crippen LogP contribution in [0.15, 0.2) is 30.5 Å². The minimum absolute atomic E-state index is 0.293. The van der Waals surface area contributed by atoms with Crippen molar-refractivity contribution < 1.29 is 31.1 Å². The van der Waals surface area contributed by atoms with Crippen LogP contribution in [0.3, 0.4) is 0 Å². The number of aromatic nitrogens is 2. The highest BCUT2D eigenvalue weighted by molar-refractivity contribution is 5.59. The van der Waals surface area contributed by atoms with Crippen molar-refractivity contribution in [2.45, 2.75) is 32.1 Å². The lowest BCUT2D eigenvalue weighted by Crippen LogP contribution is -2.22. The monoisotopic (exact) mass is 379 g/mol. The second kappa shape index (κ2) is 7.79. The van der Waals surface area contributed by atoms with Crippen LogP contribution < -0.4 is 10.1 Å². The summed E-state index contributed by atoms with van der Waals surface area (Å²) >= 11 is 0. The van der Waals surface area contributed by atoms with Gasteiger partial charge in [-0.05, 0) is 18.1 Å². The Kier molecular flexibility index (Phi) is 5.94. The number of hydrogen-bond donors (Lipinski definition) is 1. The smallest absolute Gasteiger partial charge is 0.423 e. The number of nitrogens with zero attached hydrogens (tertiary/aromatic N) is 2. The summed E-state index contributed by atoms with van der Waals surface area (Å²) in [6, 6.07) is 6.98. The van der Waals surface area contributed by atoms with Crippen LogP contribution in [-0.4, -0.2) is 22.8 Å². The van der Waals surface area contributed by atoms with Gasteiger partial charge in [0.25, 0.3) is 0 Å². The van der Waals surface area contributed by atoms with Gasteiger partial charge in [-0.2, -0.15) is 31.3 Å². The molecule has 2 aromatic rings. The molecule has 2 rings (SSSR count). The Hall–Kier alpha value is -2.52. The molecule has 4 nitrogen and oxygen atoms in total. The molecular weight excluding hydrogens is 364 g/mol. The van der Waals surface area contributed by atoms with Crippen LogP contribution in [0.25, 0.3) is 0 Å². The first kappa shape index (κ1) is 19.8. The maximum Gasteiger partial charge on any atom is 0.423 e. The number of para-hydroxylation sites is 1. The molecule has 0 spiro atoms. The molecule has 0 saturated carbocycles. The van der Waals surface area contributed by atoms with Gasteiger partial charge in [-0.3, -0.25) is 0 Å². The molecule has 26 heavy (non-hydrogen) atoms. The van der Waals surface area contributed by atoms with Crippen LogP contribution in [0.5, 0.6) is 5.88 Å². The van der Waals surface area contributed by atoms with Crippen LogP contribution in [0.4, 0.5) is 38.0 Å². The molecule has 10 heteroatoms. The molecule has 0 saturated heterocycles. The Morgan fingerprint density at radius 3 is 2.38 bits per heavy atom. The highest BCUT2D eigenvalue weighted by atomic mass is 19.4. The fraction of sp³-hybridized carbons (Fsp3) is 0.375. The number of alkyl halides is 6. The number of nitrogens with one attached hydrogen (secondary N) is 1. The molecule has 0 fully saturated rings. The lowest BCUT2D eigenvalue weighted by molar-refractivity contribution is -0.159. The zero-order valence-electron chi connectivity index (χ0n) is 13.6. The Morgan fingerprint density at radius 2 is 1.77 bits per heavy atom. The predicted octanol–water partition coefficient (Wildman–Crippen LogP) is 5.13. The first-order valence-electron chi connectivity index (χ1n) is 7.59. The Labute approximate surface area is 145 Å². The molecule has 142 valence electrons. The largest absolute Gasteiger partial charge is 0.467 e. The van der Waals surface area contributed by atoms with Gasteiger partial charge in [-0.15, -0.1) is 0 Å². The third kappa shape index (κ3) is 5.50. The van der Waals surface area contributed by atoms with Crippen LogP contribution in [0.1, 0.15) is 24.5 Å². The third-order valence-corrected chi connectivity index (χ3v) is 3.21. The lowest BCUT2D eigenvalue weighted by atomic mass is 10.1. The van der Waals surface area contributed by atoms with E-state index in [1.807, 2.05) is 13.0 Å². The number of hydrogen-bond acceptors (Lipinski definition) is 4. The number of ether oxygens (including phenoxy) is 1. The highest BCUT2D eigenvalue weighted by Crippen LogP contribution is 2.36. The van der Waals surface area contributed by atoms with Crippen LogP contribution >= 0.6 is 0 Å². The molecular formula is C16H15F6N3O. The van der Waals surface area contributed by atoms with Crippen molar-refractivity contribution in [2.75, 3.05) is 11.9 Å². The van der Waals surface area contributed by atoms with E-state index in [9.17, 15) is 26.3 Å². The van der Waals surface area contributed by atoms with Crippen molar-refractivity contribution in [1.29, 1.82) is 0 Å². The fourth-order valence-electron chi connectivity index (χ4n) is 2.13. The van der Waals surface area contributed by atoms with Crippen molar-refractivity contribution in [1.82, 2.24) is 9.97 Å². The van der Waals surface area contributed by atoms with Gasteiger partial charge in [0.15, 0.2) is 6.61 Å². The summed E-state index contributed by atoms with van der Waals surface area (Å²) in [6.45, 7) is 0.0629. The van der Waals surface area contributed by atoms with E-state index in [-0.39, 0.29) is 5.95 Å². The summed E-state index contributed by atoms with van der Waals surface area (Å²) in [7, 11) is 0. The Morgan fingerprint density at radius 1 is 1.08 bits per heavy atom. The highest BCUT2D eigenvalue weighted by Gasteiger charge is 2.38. The number of aryl methyl sites for hydroxylation is 1. The molecule has 1 aromatic heterocycles. The van der Waals surface area contributed by atoms with Gasteiger partial charge >= 0.3 is 12.4 Å². The lowest BCUT2D eigenvalue weighted by Gasteiger charge is -2.16. The van der Waals surface area contributed by atoms with Crippen molar-refractivity contribution in [3.05, 3.63) is 41.6 Å². The van der Waals surface area contributed by atoms with E-state index in [1.165, 1.54) is 0 Å². The normalized spacial score (nSPS) is 12.1. The van der Waals surface area contributed by atoms with E-state index < -0.39 is 30.4 Å². The molecule has 0 unspecified atom stereocenters.